The zero-order valence-corrected chi connectivity index (χ0v) is 11.2. The molecule has 0 spiro atoms. The topological polar surface area (TPSA) is 44.4 Å². The summed E-state index contributed by atoms with van der Waals surface area (Å²) < 4.78 is 26.2. The summed E-state index contributed by atoms with van der Waals surface area (Å²) in [6.45, 7) is 7.03. The van der Waals surface area contributed by atoms with Crippen LogP contribution in [0, 0.1) is 11.6 Å². The molecular weight excluding hydrogens is 252 g/mol. The Labute approximate surface area is 111 Å². The first-order valence-corrected chi connectivity index (χ1v) is 6.29. The maximum atomic E-state index is 13.3. The van der Waals surface area contributed by atoms with E-state index in [1.165, 1.54) is 0 Å². The van der Waals surface area contributed by atoms with E-state index in [9.17, 15) is 13.6 Å². The first-order chi connectivity index (χ1) is 9.06. The molecule has 0 heterocycles. The van der Waals surface area contributed by atoms with E-state index in [1.54, 1.807) is 0 Å². The van der Waals surface area contributed by atoms with Crippen molar-refractivity contribution in [3.63, 3.8) is 0 Å². The Morgan fingerprint density at radius 3 is 2.58 bits per heavy atom. The molecule has 1 aromatic rings. The monoisotopic (exact) mass is 271 g/mol. The Morgan fingerprint density at radius 2 is 1.95 bits per heavy atom. The molecule has 6 heteroatoms. The molecule has 1 aromatic carbocycles. The van der Waals surface area contributed by atoms with Gasteiger partial charge in [0.25, 0.3) is 0 Å². The quantitative estimate of drug-likeness (QED) is 0.834. The molecule has 0 aliphatic carbocycles. The molecule has 0 bridgehead atoms. The minimum Gasteiger partial charge on any atom is -0.337 e. The van der Waals surface area contributed by atoms with Gasteiger partial charge in [-0.2, -0.15) is 0 Å². The van der Waals surface area contributed by atoms with E-state index < -0.39 is 17.7 Å². The predicted octanol–water partition coefficient (Wildman–Crippen LogP) is 2.43. The van der Waals surface area contributed by atoms with Crippen LogP contribution in [0.5, 0.6) is 0 Å². The van der Waals surface area contributed by atoms with Crippen molar-refractivity contribution >= 4 is 11.7 Å². The number of hydrogen-bond donors (Lipinski definition) is 2. The van der Waals surface area contributed by atoms with Gasteiger partial charge in [0.15, 0.2) is 0 Å². The van der Waals surface area contributed by atoms with Crippen LogP contribution in [0.3, 0.4) is 0 Å². The Hall–Kier alpha value is -1.69. The highest BCUT2D eigenvalue weighted by atomic mass is 19.1. The Bertz CT molecular complexity index is 422. The first-order valence-electron chi connectivity index (χ1n) is 6.29. The fraction of sp³-hybridized carbons (Fsp3) is 0.462. The molecule has 0 saturated carbocycles. The summed E-state index contributed by atoms with van der Waals surface area (Å²) in [6.07, 6.45) is 0. The van der Waals surface area contributed by atoms with Crippen molar-refractivity contribution in [2.75, 3.05) is 31.5 Å². The van der Waals surface area contributed by atoms with Gasteiger partial charge < -0.3 is 15.5 Å². The lowest BCUT2D eigenvalue weighted by molar-refractivity contribution is 0.247. The first kappa shape index (κ1) is 15.4. The molecule has 0 aromatic heterocycles. The third-order valence-corrected chi connectivity index (χ3v) is 2.78. The molecule has 0 atom stereocenters. The maximum absolute atomic E-state index is 13.3. The minimum absolute atomic E-state index is 0.166. The Morgan fingerprint density at radius 1 is 1.26 bits per heavy atom. The Balaban J connectivity index is 2.41. The van der Waals surface area contributed by atoms with E-state index in [0.717, 1.165) is 31.3 Å². The number of carbonyl (C=O) groups is 1. The van der Waals surface area contributed by atoms with Gasteiger partial charge >= 0.3 is 6.03 Å². The number of amides is 2. The average molecular weight is 271 g/mol. The smallest absolute Gasteiger partial charge is 0.319 e. The minimum atomic E-state index is -0.666. The van der Waals surface area contributed by atoms with Crippen LogP contribution in [-0.2, 0) is 0 Å². The van der Waals surface area contributed by atoms with Gasteiger partial charge in [0.2, 0.25) is 0 Å². The van der Waals surface area contributed by atoms with Crippen LogP contribution in [-0.4, -0.2) is 37.1 Å². The van der Waals surface area contributed by atoms with Crippen LogP contribution in [0.25, 0.3) is 0 Å². The zero-order chi connectivity index (χ0) is 14.3. The average Bonchev–Trinajstić information content (AvgIpc) is 2.39. The number of nitrogens with one attached hydrogen (secondary N) is 2. The predicted molar refractivity (Wildman–Crippen MR) is 71.2 cm³/mol. The van der Waals surface area contributed by atoms with Gasteiger partial charge in [-0.25, -0.2) is 13.6 Å². The number of anilines is 1. The Kier molecular flexibility index (Phi) is 6.21. The van der Waals surface area contributed by atoms with Gasteiger partial charge in [-0.15, -0.1) is 0 Å². The lowest BCUT2D eigenvalue weighted by atomic mass is 10.3. The SMILES string of the molecule is CCN(CC)CCNC(=O)Nc1cc(F)ccc1F. The van der Waals surface area contributed by atoms with E-state index in [0.29, 0.717) is 13.1 Å². The van der Waals surface area contributed by atoms with Gasteiger partial charge in [0, 0.05) is 19.2 Å². The molecule has 0 unspecified atom stereocenters. The molecule has 2 amide bonds. The lowest BCUT2D eigenvalue weighted by Crippen LogP contribution is -2.37. The highest BCUT2D eigenvalue weighted by Crippen LogP contribution is 2.14. The highest BCUT2D eigenvalue weighted by Gasteiger charge is 2.08. The van der Waals surface area contributed by atoms with E-state index in [-0.39, 0.29) is 5.69 Å². The lowest BCUT2D eigenvalue weighted by Gasteiger charge is -2.18. The summed E-state index contributed by atoms with van der Waals surface area (Å²) in [5.74, 6) is -1.26. The second-order valence-corrected chi connectivity index (χ2v) is 4.03. The molecule has 4 nitrogen and oxygen atoms in total. The van der Waals surface area contributed by atoms with Crippen LogP contribution in [0.1, 0.15) is 13.8 Å². The van der Waals surface area contributed by atoms with Crippen molar-refractivity contribution in [1.29, 1.82) is 0 Å². The van der Waals surface area contributed by atoms with Crippen molar-refractivity contribution in [2.24, 2.45) is 0 Å². The van der Waals surface area contributed by atoms with Crippen LogP contribution < -0.4 is 10.6 Å². The van der Waals surface area contributed by atoms with Crippen LogP contribution in [0.2, 0.25) is 0 Å². The number of carbonyl (C=O) groups excluding carboxylic acids is 1. The van der Waals surface area contributed by atoms with Crippen molar-refractivity contribution < 1.29 is 13.6 Å². The molecule has 0 radical (unpaired) electrons. The number of urea groups is 1. The van der Waals surface area contributed by atoms with Crippen molar-refractivity contribution in [2.45, 2.75) is 13.8 Å². The van der Waals surface area contributed by atoms with Gasteiger partial charge in [-0.3, -0.25) is 0 Å². The highest BCUT2D eigenvalue weighted by molar-refractivity contribution is 5.89. The molecular formula is C13H19F2N3O. The molecule has 0 saturated heterocycles. The van der Waals surface area contributed by atoms with Gasteiger partial charge in [0.05, 0.1) is 5.69 Å². The van der Waals surface area contributed by atoms with E-state index in [1.807, 2.05) is 13.8 Å². The molecule has 0 aliphatic rings. The van der Waals surface area contributed by atoms with Gasteiger partial charge in [-0.1, -0.05) is 13.8 Å². The van der Waals surface area contributed by atoms with Gasteiger partial charge in [-0.05, 0) is 25.2 Å². The number of benzene rings is 1. The normalized spacial score (nSPS) is 10.6. The van der Waals surface area contributed by atoms with Crippen LogP contribution in [0.15, 0.2) is 18.2 Å². The van der Waals surface area contributed by atoms with Crippen LogP contribution in [0.4, 0.5) is 19.3 Å². The van der Waals surface area contributed by atoms with E-state index in [2.05, 4.69) is 15.5 Å². The number of rotatable bonds is 6. The summed E-state index contributed by atoms with van der Waals surface area (Å²) in [7, 11) is 0. The molecule has 0 aliphatic heterocycles. The summed E-state index contributed by atoms with van der Waals surface area (Å²) in [5.41, 5.74) is -0.166. The summed E-state index contributed by atoms with van der Waals surface area (Å²) in [5, 5.41) is 4.87. The van der Waals surface area contributed by atoms with Crippen LogP contribution >= 0.6 is 0 Å². The second kappa shape index (κ2) is 7.68. The van der Waals surface area contributed by atoms with Crippen molar-refractivity contribution in [3.8, 4) is 0 Å². The van der Waals surface area contributed by atoms with Crippen molar-refractivity contribution in [3.05, 3.63) is 29.8 Å². The summed E-state index contributed by atoms with van der Waals surface area (Å²) in [6, 6.07) is 2.37. The third kappa shape index (κ3) is 5.21. The maximum Gasteiger partial charge on any atom is 0.319 e. The largest absolute Gasteiger partial charge is 0.337 e. The van der Waals surface area contributed by atoms with E-state index >= 15 is 0 Å². The molecule has 19 heavy (non-hydrogen) atoms. The third-order valence-electron chi connectivity index (χ3n) is 2.78. The fourth-order valence-corrected chi connectivity index (χ4v) is 1.63. The summed E-state index contributed by atoms with van der Waals surface area (Å²) >= 11 is 0. The summed E-state index contributed by atoms with van der Waals surface area (Å²) in [4.78, 5) is 13.6. The zero-order valence-electron chi connectivity index (χ0n) is 11.2. The molecule has 106 valence electrons. The van der Waals surface area contributed by atoms with Crippen molar-refractivity contribution in [1.82, 2.24) is 10.2 Å². The molecule has 2 N–H and O–H groups in total. The van der Waals surface area contributed by atoms with E-state index in [4.69, 9.17) is 0 Å². The number of likely N-dealkylation sites (N-methyl/N-ethyl adjacent to an activating group) is 1. The second-order valence-electron chi connectivity index (χ2n) is 4.03. The number of hydrogen-bond acceptors (Lipinski definition) is 2. The van der Waals surface area contributed by atoms with Gasteiger partial charge in [0.1, 0.15) is 11.6 Å². The molecule has 1 rings (SSSR count). The number of halogens is 2. The molecule has 0 fully saturated rings. The fourth-order valence-electron chi connectivity index (χ4n) is 1.63. The standard InChI is InChI=1S/C13H19F2N3O/c1-3-18(4-2)8-7-16-13(19)17-12-9-10(14)5-6-11(12)15/h5-6,9H,3-4,7-8H2,1-2H3,(H2,16,17,19). The number of nitrogens with zero attached hydrogens (tertiary/aromatic N) is 1.